The molecule has 0 bridgehead atoms. The van der Waals surface area contributed by atoms with Gasteiger partial charge in [0.05, 0.1) is 21.3 Å². The molecular formula is C20H14Cl2N4O3S. The fourth-order valence-electron chi connectivity index (χ4n) is 3.04. The predicted octanol–water partition coefficient (Wildman–Crippen LogP) is 4.09. The third kappa shape index (κ3) is 3.81. The van der Waals surface area contributed by atoms with Crippen molar-refractivity contribution in [2.45, 2.75) is 18.2 Å². The fraction of sp³-hybridized carbons (Fsp3) is 0.100. The molecule has 1 aliphatic rings. The second kappa shape index (κ2) is 7.79. The van der Waals surface area contributed by atoms with Crippen molar-refractivity contribution in [3.8, 4) is 0 Å². The van der Waals surface area contributed by atoms with E-state index in [1.165, 1.54) is 36.8 Å². The smallest absolute Gasteiger partial charge is 0.261 e. The van der Waals surface area contributed by atoms with Gasteiger partial charge >= 0.3 is 0 Å². The Kier molecular flexibility index (Phi) is 5.31. The average molecular weight is 461 g/mol. The molecule has 0 unspecified atom stereocenters. The number of pyridine rings is 1. The molecule has 2 aromatic heterocycles. The molecule has 0 spiro atoms. The molecule has 1 N–H and O–H groups in total. The number of fused-ring (bicyclic) bond motifs is 1. The Morgan fingerprint density at radius 3 is 2.67 bits per heavy atom. The van der Waals surface area contributed by atoms with E-state index < -0.39 is 15.8 Å². The molecule has 3 aromatic rings. The molecule has 7 nitrogen and oxygen atoms in total. The monoisotopic (exact) mass is 460 g/mol. The number of aromatic nitrogens is 3. The van der Waals surface area contributed by atoms with Crippen LogP contribution in [0.3, 0.4) is 0 Å². The topological polar surface area (TPSA) is 102 Å². The zero-order valence-corrected chi connectivity index (χ0v) is 17.9. The van der Waals surface area contributed by atoms with Gasteiger partial charge in [-0.3, -0.25) is 9.52 Å². The van der Waals surface area contributed by atoms with Crippen molar-refractivity contribution in [2.75, 3.05) is 4.72 Å². The minimum absolute atomic E-state index is 0.00589. The van der Waals surface area contributed by atoms with E-state index in [0.29, 0.717) is 22.6 Å². The van der Waals surface area contributed by atoms with E-state index in [1.807, 2.05) is 6.08 Å². The Bertz CT molecular complexity index is 1320. The Balaban J connectivity index is 1.76. The highest BCUT2D eigenvalue weighted by Gasteiger charge is 2.25. The van der Waals surface area contributed by atoms with E-state index in [0.717, 1.165) is 5.69 Å². The Morgan fingerprint density at radius 2 is 1.90 bits per heavy atom. The van der Waals surface area contributed by atoms with Gasteiger partial charge in [0.25, 0.3) is 10.0 Å². The van der Waals surface area contributed by atoms with Crippen LogP contribution in [0.1, 0.15) is 33.0 Å². The number of hydrogen-bond acceptors (Lipinski definition) is 6. The van der Waals surface area contributed by atoms with Crippen molar-refractivity contribution < 1.29 is 13.2 Å². The molecule has 1 aliphatic carbocycles. The second-order valence-electron chi connectivity index (χ2n) is 6.58. The molecule has 0 atom stereocenters. The van der Waals surface area contributed by atoms with Crippen molar-refractivity contribution >= 4 is 50.8 Å². The van der Waals surface area contributed by atoms with Gasteiger partial charge in [-0.1, -0.05) is 35.4 Å². The molecular weight excluding hydrogens is 447 g/mol. The van der Waals surface area contributed by atoms with Gasteiger partial charge in [-0.15, -0.1) is 0 Å². The Labute approximate surface area is 182 Å². The number of rotatable bonds is 5. The number of sulfonamides is 1. The lowest BCUT2D eigenvalue weighted by Gasteiger charge is -2.13. The summed E-state index contributed by atoms with van der Waals surface area (Å²) < 4.78 is 28.2. The maximum atomic E-state index is 13.2. The molecule has 0 radical (unpaired) electrons. The second-order valence-corrected chi connectivity index (χ2v) is 9.11. The minimum atomic E-state index is -4.03. The number of aryl methyl sites for hydroxylation is 1. The van der Waals surface area contributed by atoms with Gasteiger partial charge in [0.15, 0.2) is 0 Å². The number of carbonyl (C=O) groups excluding carboxylic acids is 1. The quantitative estimate of drug-likeness (QED) is 0.575. The summed E-state index contributed by atoms with van der Waals surface area (Å²) in [7, 11) is -4.03. The number of allylic oxidation sites excluding steroid dienone is 1. The van der Waals surface area contributed by atoms with E-state index in [2.05, 4.69) is 19.7 Å². The van der Waals surface area contributed by atoms with Crippen LogP contribution in [0.15, 0.2) is 47.8 Å². The van der Waals surface area contributed by atoms with Crippen molar-refractivity contribution in [1.82, 2.24) is 15.0 Å². The summed E-state index contributed by atoms with van der Waals surface area (Å²) in [6.45, 7) is 1.69. The minimum Gasteiger partial charge on any atom is -0.285 e. The van der Waals surface area contributed by atoms with E-state index in [9.17, 15) is 13.2 Å². The molecule has 0 aliphatic heterocycles. The van der Waals surface area contributed by atoms with Crippen molar-refractivity contribution in [1.29, 1.82) is 0 Å². The number of nitrogens with one attached hydrogen (secondary N) is 1. The first-order chi connectivity index (χ1) is 14.3. The van der Waals surface area contributed by atoms with Gasteiger partial charge in [-0.2, -0.15) is 0 Å². The largest absolute Gasteiger partial charge is 0.285 e. The SMILES string of the molecule is Cc1cc(S(=O)(=O)Nc2cc(Cl)cnc2C(=O)c2ncnc3c2C=CC3)ccc1Cl. The van der Waals surface area contributed by atoms with Gasteiger partial charge in [0.2, 0.25) is 5.78 Å². The number of hydrogen-bond donors (Lipinski definition) is 1. The van der Waals surface area contributed by atoms with E-state index >= 15 is 0 Å². The van der Waals surface area contributed by atoms with Gasteiger partial charge in [0, 0.05) is 23.2 Å². The number of halogens is 2. The Hall–Kier alpha value is -2.81. The number of carbonyl (C=O) groups is 1. The highest BCUT2D eigenvalue weighted by molar-refractivity contribution is 7.92. The average Bonchev–Trinajstić information content (AvgIpc) is 3.18. The van der Waals surface area contributed by atoms with Crippen molar-refractivity contribution in [2.24, 2.45) is 0 Å². The van der Waals surface area contributed by atoms with Crippen LogP contribution in [0.2, 0.25) is 10.0 Å². The molecule has 1 aromatic carbocycles. The van der Waals surface area contributed by atoms with Gasteiger partial charge in [-0.05, 0) is 36.8 Å². The molecule has 10 heteroatoms. The van der Waals surface area contributed by atoms with Crippen LogP contribution >= 0.6 is 23.2 Å². The normalized spacial score (nSPS) is 12.6. The van der Waals surface area contributed by atoms with E-state index in [4.69, 9.17) is 23.2 Å². The molecule has 2 heterocycles. The van der Waals surface area contributed by atoms with E-state index in [1.54, 1.807) is 13.0 Å². The van der Waals surface area contributed by atoms with Crippen LogP contribution < -0.4 is 4.72 Å². The standard InChI is InChI=1S/C20H14Cl2N4O3S/c1-11-7-13(5-6-15(11)22)30(28,29)26-17-8-12(21)9-23-19(17)20(27)18-14-3-2-4-16(14)24-10-25-18/h2-3,5-10,26H,4H2,1H3. The van der Waals surface area contributed by atoms with Crippen LogP contribution in [0.25, 0.3) is 6.08 Å². The predicted molar refractivity (Wildman–Crippen MR) is 114 cm³/mol. The lowest BCUT2D eigenvalue weighted by molar-refractivity contribution is 0.103. The number of ketones is 1. The lowest BCUT2D eigenvalue weighted by Crippen LogP contribution is -2.18. The van der Waals surface area contributed by atoms with Gasteiger partial charge < -0.3 is 0 Å². The summed E-state index contributed by atoms with van der Waals surface area (Å²) in [4.78, 5) is 25.5. The first-order valence-electron chi connectivity index (χ1n) is 8.76. The third-order valence-corrected chi connectivity index (χ3v) is 6.52. The van der Waals surface area contributed by atoms with Crippen LogP contribution in [0.4, 0.5) is 5.69 Å². The first-order valence-corrected chi connectivity index (χ1v) is 11.0. The molecule has 152 valence electrons. The molecule has 0 saturated carbocycles. The maximum Gasteiger partial charge on any atom is 0.261 e. The highest BCUT2D eigenvalue weighted by Crippen LogP contribution is 2.28. The van der Waals surface area contributed by atoms with Gasteiger partial charge in [-0.25, -0.2) is 23.4 Å². The summed E-state index contributed by atoms with van der Waals surface area (Å²) in [6, 6.07) is 5.63. The molecule has 30 heavy (non-hydrogen) atoms. The van der Waals surface area contributed by atoms with E-state index in [-0.39, 0.29) is 27.0 Å². The number of anilines is 1. The zero-order valence-electron chi connectivity index (χ0n) is 15.6. The third-order valence-electron chi connectivity index (χ3n) is 4.53. The number of benzene rings is 1. The summed E-state index contributed by atoms with van der Waals surface area (Å²) in [5, 5.41) is 0.615. The van der Waals surface area contributed by atoms with Gasteiger partial charge in [0.1, 0.15) is 17.7 Å². The molecule has 4 rings (SSSR count). The van der Waals surface area contributed by atoms with Crippen molar-refractivity contribution in [3.63, 3.8) is 0 Å². The van der Waals surface area contributed by atoms with Crippen LogP contribution in [-0.4, -0.2) is 29.2 Å². The fourth-order valence-corrected chi connectivity index (χ4v) is 4.45. The van der Waals surface area contributed by atoms with Crippen molar-refractivity contribution in [3.05, 3.63) is 81.1 Å². The summed E-state index contributed by atoms with van der Waals surface area (Å²) in [5.41, 5.74) is 1.90. The molecule has 0 fully saturated rings. The first kappa shape index (κ1) is 20.5. The molecule has 0 amide bonds. The zero-order chi connectivity index (χ0) is 21.5. The lowest BCUT2D eigenvalue weighted by atomic mass is 10.1. The summed E-state index contributed by atoms with van der Waals surface area (Å²) in [6.07, 6.45) is 6.81. The Morgan fingerprint density at radius 1 is 1.10 bits per heavy atom. The summed E-state index contributed by atoms with van der Waals surface area (Å²) in [5.74, 6) is -0.540. The van der Waals surface area contributed by atoms with Crippen LogP contribution in [0, 0.1) is 6.92 Å². The molecule has 0 saturated heterocycles. The number of nitrogens with zero attached hydrogens (tertiary/aromatic N) is 3. The highest BCUT2D eigenvalue weighted by atomic mass is 35.5. The van der Waals surface area contributed by atoms with Crippen LogP contribution in [-0.2, 0) is 16.4 Å². The maximum absolute atomic E-state index is 13.2. The van der Waals surface area contributed by atoms with Crippen LogP contribution in [0.5, 0.6) is 0 Å². The summed E-state index contributed by atoms with van der Waals surface area (Å²) >= 11 is 12.0.